The van der Waals surface area contributed by atoms with Gasteiger partial charge in [-0.1, -0.05) is 6.07 Å². The molecule has 1 saturated heterocycles. The third-order valence-corrected chi connectivity index (χ3v) is 3.43. The van der Waals surface area contributed by atoms with E-state index in [1.54, 1.807) is 25.1 Å². The first-order valence-corrected chi connectivity index (χ1v) is 7.09. The number of hydrogen-bond donors (Lipinski definition) is 2. The average Bonchev–Trinajstić information content (AvgIpc) is 2.92. The molecule has 0 bridgehead atoms. The molecule has 2 rings (SSSR count). The number of anilines is 1. The van der Waals surface area contributed by atoms with Gasteiger partial charge in [-0.3, -0.25) is 4.79 Å². The lowest BCUT2D eigenvalue weighted by atomic mass is 10.1. The molecule has 1 aliphatic heterocycles. The van der Waals surface area contributed by atoms with E-state index in [-0.39, 0.29) is 11.9 Å². The molecule has 0 aliphatic carbocycles. The number of rotatable bonds is 6. The van der Waals surface area contributed by atoms with E-state index >= 15 is 0 Å². The predicted octanol–water partition coefficient (Wildman–Crippen LogP) is 2.72. The Kier molecular flexibility index (Phi) is 5.50. The van der Waals surface area contributed by atoms with Gasteiger partial charge in [0.2, 0.25) is 5.91 Å². The summed E-state index contributed by atoms with van der Waals surface area (Å²) in [5.74, 6) is 0.283. The van der Waals surface area contributed by atoms with Crippen LogP contribution in [0.3, 0.4) is 0 Å². The fourth-order valence-corrected chi connectivity index (χ4v) is 2.35. The maximum absolute atomic E-state index is 12.2. The fourth-order valence-electron chi connectivity index (χ4n) is 2.35. The van der Waals surface area contributed by atoms with Crippen molar-refractivity contribution in [3.63, 3.8) is 0 Å². The Morgan fingerprint density at radius 2 is 2.33 bits per heavy atom. The van der Waals surface area contributed by atoms with Crippen molar-refractivity contribution < 1.29 is 18.3 Å². The van der Waals surface area contributed by atoms with Crippen LogP contribution in [0.2, 0.25) is 0 Å². The largest absolute Gasteiger partial charge is 0.487 e. The summed E-state index contributed by atoms with van der Waals surface area (Å²) in [6, 6.07) is 5.29. The maximum atomic E-state index is 12.2. The van der Waals surface area contributed by atoms with Crippen LogP contribution in [0.1, 0.15) is 24.8 Å². The zero-order chi connectivity index (χ0) is 15.2. The molecule has 0 aromatic heterocycles. The lowest BCUT2D eigenvalue weighted by Gasteiger charge is -2.13. The molecule has 1 heterocycles. The number of benzene rings is 1. The number of amides is 1. The summed E-state index contributed by atoms with van der Waals surface area (Å²) in [6.07, 6.45) is -0.00435. The van der Waals surface area contributed by atoms with Gasteiger partial charge in [-0.05, 0) is 37.9 Å². The van der Waals surface area contributed by atoms with Gasteiger partial charge in [-0.2, -0.15) is 0 Å². The van der Waals surface area contributed by atoms with E-state index in [1.165, 1.54) is 0 Å². The first-order chi connectivity index (χ1) is 10.0. The molecule has 1 aliphatic rings. The molecule has 21 heavy (non-hydrogen) atoms. The Labute approximate surface area is 122 Å². The monoisotopic (exact) mass is 298 g/mol. The maximum Gasteiger partial charge on any atom is 0.272 e. The molecule has 0 saturated carbocycles. The Bertz CT molecular complexity index is 489. The molecule has 0 spiro atoms. The number of hydrogen-bond acceptors (Lipinski definition) is 3. The predicted molar refractivity (Wildman–Crippen MR) is 76.9 cm³/mol. The summed E-state index contributed by atoms with van der Waals surface area (Å²) >= 11 is 0. The van der Waals surface area contributed by atoms with Gasteiger partial charge in [0.1, 0.15) is 12.4 Å². The minimum absolute atomic E-state index is 0.0851. The number of nitrogens with one attached hydrogen (secondary N) is 2. The van der Waals surface area contributed by atoms with Crippen molar-refractivity contribution in [3.8, 4) is 5.75 Å². The van der Waals surface area contributed by atoms with E-state index in [1.807, 2.05) is 0 Å². The van der Waals surface area contributed by atoms with Gasteiger partial charge in [-0.15, -0.1) is 0 Å². The van der Waals surface area contributed by atoms with Gasteiger partial charge in [0, 0.05) is 24.2 Å². The second-order valence-corrected chi connectivity index (χ2v) is 5.23. The summed E-state index contributed by atoms with van der Waals surface area (Å²) in [4.78, 5) is 11.9. The zero-order valence-corrected chi connectivity index (χ0v) is 12.0. The van der Waals surface area contributed by atoms with Crippen LogP contribution in [0.5, 0.6) is 5.75 Å². The number of ether oxygens (including phenoxy) is 1. The first kappa shape index (κ1) is 15.7. The molecule has 1 amide bonds. The number of carbonyl (C=O) groups excluding carboxylic acids is 1. The highest BCUT2D eigenvalue weighted by molar-refractivity contribution is 5.91. The van der Waals surface area contributed by atoms with Crippen molar-refractivity contribution in [1.82, 2.24) is 5.32 Å². The van der Waals surface area contributed by atoms with Crippen molar-refractivity contribution >= 4 is 11.6 Å². The highest BCUT2D eigenvalue weighted by Crippen LogP contribution is 2.23. The van der Waals surface area contributed by atoms with E-state index in [0.29, 0.717) is 17.9 Å². The normalized spacial score (nSPS) is 18.0. The Balaban J connectivity index is 1.92. The van der Waals surface area contributed by atoms with E-state index in [9.17, 15) is 13.6 Å². The van der Waals surface area contributed by atoms with Gasteiger partial charge in [0.25, 0.3) is 6.43 Å². The number of carbonyl (C=O) groups is 1. The molecule has 0 radical (unpaired) electrons. The van der Waals surface area contributed by atoms with E-state index in [4.69, 9.17) is 4.74 Å². The first-order valence-electron chi connectivity index (χ1n) is 7.09. The van der Waals surface area contributed by atoms with E-state index < -0.39 is 13.0 Å². The third kappa shape index (κ3) is 4.97. The van der Waals surface area contributed by atoms with Crippen molar-refractivity contribution in [1.29, 1.82) is 0 Å². The van der Waals surface area contributed by atoms with Crippen LogP contribution in [0.15, 0.2) is 18.2 Å². The SMILES string of the molecule is Cc1ccc(NC(=O)CC2CCCN2)cc1OCC(F)F. The van der Waals surface area contributed by atoms with Crippen LogP contribution in [0, 0.1) is 6.92 Å². The standard InChI is InChI=1S/C15H20F2N2O2/c1-10-4-5-12(7-13(10)21-9-14(16)17)19-15(20)8-11-3-2-6-18-11/h4-5,7,11,14,18H,2-3,6,8-9H2,1H3,(H,19,20). The zero-order valence-electron chi connectivity index (χ0n) is 12.0. The highest BCUT2D eigenvalue weighted by atomic mass is 19.3. The summed E-state index contributed by atoms with van der Waals surface area (Å²) in [7, 11) is 0. The molecule has 1 aromatic carbocycles. The summed E-state index contributed by atoms with van der Waals surface area (Å²) in [6.45, 7) is 2.08. The van der Waals surface area contributed by atoms with Gasteiger partial charge >= 0.3 is 0 Å². The van der Waals surface area contributed by atoms with Gasteiger partial charge in [0.15, 0.2) is 0 Å². The van der Waals surface area contributed by atoms with Crippen molar-refractivity contribution in [2.24, 2.45) is 0 Å². The molecule has 1 aromatic rings. The van der Waals surface area contributed by atoms with Crippen molar-refractivity contribution in [2.75, 3.05) is 18.5 Å². The summed E-state index contributed by atoms with van der Waals surface area (Å²) in [5.41, 5.74) is 1.32. The minimum atomic E-state index is -2.52. The Morgan fingerprint density at radius 3 is 3.00 bits per heavy atom. The average molecular weight is 298 g/mol. The topological polar surface area (TPSA) is 50.4 Å². The second-order valence-electron chi connectivity index (χ2n) is 5.23. The molecule has 4 nitrogen and oxygen atoms in total. The van der Waals surface area contributed by atoms with Crippen LogP contribution in [0.25, 0.3) is 0 Å². The fraction of sp³-hybridized carbons (Fsp3) is 0.533. The van der Waals surface area contributed by atoms with Crippen LogP contribution >= 0.6 is 0 Å². The molecule has 1 unspecified atom stereocenters. The van der Waals surface area contributed by atoms with Gasteiger partial charge in [-0.25, -0.2) is 8.78 Å². The molecule has 2 N–H and O–H groups in total. The Hall–Kier alpha value is -1.69. The van der Waals surface area contributed by atoms with E-state index in [2.05, 4.69) is 10.6 Å². The van der Waals surface area contributed by atoms with Crippen LogP contribution < -0.4 is 15.4 Å². The number of alkyl halides is 2. The number of aryl methyl sites for hydroxylation is 1. The van der Waals surface area contributed by atoms with Gasteiger partial charge in [0.05, 0.1) is 0 Å². The number of halogens is 2. The quantitative estimate of drug-likeness (QED) is 0.849. The smallest absolute Gasteiger partial charge is 0.272 e. The minimum Gasteiger partial charge on any atom is -0.487 e. The van der Waals surface area contributed by atoms with Crippen molar-refractivity contribution in [2.45, 2.75) is 38.7 Å². The summed E-state index contributed by atoms with van der Waals surface area (Å²) in [5, 5.41) is 6.04. The molecular weight excluding hydrogens is 278 g/mol. The van der Waals surface area contributed by atoms with E-state index in [0.717, 1.165) is 24.9 Å². The van der Waals surface area contributed by atoms with Crippen molar-refractivity contribution in [3.05, 3.63) is 23.8 Å². The van der Waals surface area contributed by atoms with Crippen LogP contribution in [0.4, 0.5) is 14.5 Å². The lowest BCUT2D eigenvalue weighted by Crippen LogP contribution is -2.27. The Morgan fingerprint density at radius 1 is 1.52 bits per heavy atom. The molecular formula is C15H20F2N2O2. The second kappa shape index (κ2) is 7.36. The lowest BCUT2D eigenvalue weighted by molar-refractivity contribution is -0.116. The molecule has 1 fully saturated rings. The molecule has 1 atom stereocenters. The third-order valence-electron chi connectivity index (χ3n) is 3.43. The molecule has 6 heteroatoms. The van der Waals surface area contributed by atoms with Gasteiger partial charge < -0.3 is 15.4 Å². The van der Waals surface area contributed by atoms with Crippen LogP contribution in [-0.4, -0.2) is 31.5 Å². The highest BCUT2D eigenvalue weighted by Gasteiger charge is 2.17. The summed E-state index contributed by atoms with van der Waals surface area (Å²) < 4.78 is 29.4. The van der Waals surface area contributed by atoms with Crippen LogP contribution in [-0.2, 0) is 4.79 Å². The molecule has 116 valence electrons.